The van der Waals surface area contributed by atoms with Gasteiger partial charge in [-0.25, -0.2) is 8.93 Å². The van der Waals surface area contributed by atoms with E-state index in [1.165, 1.54) is 0 Å². The molecule has 0 aliphatic carbocycles. The van der Waals surface area contributed by atoms with Gasteiger partial charge in [-0.2, -0.15) is 0 Å². The van der Waals surface area contributed by atoms with Gasteiger partial charge in [-0.3, -0.25) is 0 Å². The highest BCUT2D eigenvalue weighted by Gasteiger charge is 2.31. The van der Waals surface area contributed by atoms with Gasteiger partial charge in [0.05, 0.1) is 33.5 Å². The number of hydrogen-bond acceptors (Lipinski definition) is 2. The lowest BCUT2D eigenvalue weighted by Gasteiger charge is -2.42. The molecule has 3 atom stereocenters. The van der Waals surface area contributed by atoms with Gasteiger partial charge in [0.1, 0.15) is 0 Å². The molecule has 3 unspecified atom stereocenters. The van der Waals surface area contributed by atoms with Crippen molar-refractivity contribution in [3.8, 4) is 0 Å². The molecule has 3 nitrogen and oxygen atoms in total. The number of halogens is 3. The van der Waals surface area contributed by atoms with Crippen LogP contribution in [-0.2, 0) is 16.7 Å². The lowest BCUT2D eigenvalue weighted by Crippen LogP contribution is -2.45. The first-order chi connectivity index (χ1) is 15.0. The molecule has 7 heteroatoms. The number of rotatable bonds is 6. The number of nitrogens with zero attached hydrogens (tertiary/aromatic N) is 1. The molecule has 0 bridgehead atoms. The first kappa shape index (κ1) is 22.6. The van der Waals surface area contributed by atoms with Crippen LogP contribution in [0.25, 0.3) is 0 Å². The fourth-order valence-corrected chi connectivity index (χ4v) is 5.84. The van der Waals surface area contributed by atoms with Crippen molar-refractivity contribution in [2.24, 2.45) is 0 Å². The Morgan fingerprint density at radius 2 is 1.65 bits per heavy atom. The summed E-state index contributed by atoms with van der Waals surface area (Å²) in [4.78, 5) is 2.31. The number of hydrogen-bond donors (Lipinski definition) is 1. The monoisotopic (exact) mass is 492 g/mol. The Labute approximate surface area is 200 Å². The summed E-state index contributed by atoms with van der Waals surface area (Å²) in [5, 5.41) is 1.95. The molecule has 1 fully saturated rings. The molecule has 0 saturated carbocycles. The fraction of sp³-hybridized carbons (Fsp3) is 0.250. The number of nitrogens with one attached hydrogen (secondary N) is 1. The summed E-state index contributed by atoms with van der Waals surface area (Å²) >= 11 is 18.8. The Morgan fingerprint density at radius 3 is 2.35 bits per heavy atom. The first-order valence-corrected chi connectivity index (χ1v) is 12.6. The summed E-state index contributed by atoms with van der Waals surface area (Å²) in [6.07, 6.45) is 1.67. The summed E-state index contributed by atoms with van der Waals surface area (Å²) in [5.41, 5.74) is 3.17. The van der Waals surface area contributed by atoms with Gasteiger partial charge in [0.25, 0.3) is 0 Å². The van der Waals surface area contributed by atoms with Crippen LogP contribution in [0.5, 0.6) is 0 Å². The summed E-state index contributed by atoms with van der Waals surface area (Å²) in [6, 6.07) is 23.6. The molecule has 1 heterocycles. The highest BCUT2D eigenvalue weighted by atomic mass is 35.5. The topological polar surface area (TPSA) is 32.3 Å². The molecule has 3 aromatic carbocycles. The van der Waals surface area contributed by atoms with Crippen LogP contribution < -0.4 is 9.62 Å². The third kappa shape index (κ3) is 5.82. The Hall–Kier alpha value is -1.56. The Morgan fingerprint density at radius 1 is 0.935 bits per heavy atom. The Bertz CT molecular complexity index is 1050. The minimum Gasteiger partial charge on any atom is -0.363 e. The minimum absolute atomic E-state index is 0.0796. The fourth-order valence-electron chi connectivity index (χ4n) is 4.03. The van der Waals surface area contributed by atoms with Crippen molar-refractivity contribution in [3.63, 3.8) is 0 Å². The number of piperidine rings is 1. The molecule has 0 radical (unpaired) electrons. The molecule has 1 N–H and O–H groups in total. The second-order valence-electron chi connectivity index (χ2n) is 7.67. The van der Waals surface area contributed by atoms with Gasteiger partial charge in [0, 0.05) is 22.6 Å². The molecule has 4 rings (SSSR count). The average molecular weight is 494 g/mol. The highest BCUT2D eigenvalue weighted by molar-refractivity contribution is 7.82. The normalized spacial score (nSPS) is 19.9. The lowest BCUT2D eigenvalue weighted by atomic mass is 9.91. The minimum atomic E-state index is -1.14. The molecular weight excluding hydrogens is 471 g/mol. The van der Waals surface area contributed by atoms with E-state index >= 15 is 0 Å². The largest absolute Gasteiger partial charge is 0.363 e. The third-order valence-corrected chi connectivity index (χ3v) is 7.50. The van der Waals surface area contributed by atoms with Crippen LogP contribution in [-0.4, -0.2) is 16.8 Å². The molecule has 1 aliphatic rings. The predicted octanol–water partition coefficient (Wildman–Crippen LogP) is 6.81. The van der Waals surface area contributed by atoms with E-state index in [-0.39, 0.29) is 12.1 Å². The molecule has 0 aromatic heterocycles. The van der Waals surface area contributed by atoms with E-state index in [2.05, 4.69) is 9.62 Å². The molecule has 162 valence electrons. The van der Waals surface area contributed by atoms with Crippen molar-refractivity contribution in [1.82, 2.24) is 4.72 Å². The quantitative estimate of drug-likeness (QED) is 0.409. The highest BCUT2D eigenvalue weighted by Crippen LogP contribution is 2.39. The number of benzene rings is 3. The predicted molar refractivity (Wildman–Crippen MR) is 132 cm³/mol. The first-order valence-electron chi connectivity index (χ1n) is 10.2. The van der Waals surface area contributed by atoms with Gasteiger partial charge < -0.3 is 4.90 Å². The Kier molecular flexibility index (Phi) is 7.57. The SMILES string of the molecule is O=S(Cc1ccccc1)NC1CCN(c2ccc(Cl)cc2Cl)C(c2ccc(Cl)cc2)C1. The second-order valence-corrected chi connectivity index (χ2v) is 10.2. The van der Waals surface area contributed by atoms with Gasteiger partial charge in [-0.1, -0.05) is 77.3 Å². The summed E-state index contributed by atoms with van der Waals surface area (Å²) in [7, 11) is -1.14. The van der Waals surface area contributed by atoms with Gasteiger partial charge in [0.15, 0.2) is 0 Å². The smallest absolute Gasteiger partial charge is 0.0963 e. The van der Waals surface area contributed by atoms with Crippen LogP contribution in [0.4, 0.5) is 5.69 Å². The van der Waals surface area contributed by atoms with Gasteiger partial charge in [0.2, 0.25) is 0 Å². The van der Waals surface area contributed by atoms with Crippen molar-refractivity contribution in [2.75, 3.05) is 11.4 Å². The van der Waals surface area contributed by atoms with Crippen LogP contribution in [0.15, 0.2) is 72.8 Å². The molecular formula is C24H23Cl3N2OS. The third-order valence-electron chi connectivity index (χ3n) is 5.52. The Balaban J connectivity index is 1.54. The van der Waals surface area contributed by atoms with E-state index in [1.54, 1.807) is 6.07 Å². The maximum atomic E-state index is 12.7. The number of anilines is 1. The average Bonchev–Trinajstić information content (AvgIpc) is 2.75. The summed E-state index contributed by atoms with van der Waals surface area (Å²) in [5.74, 6) is 0.496. The van der Waals surface area contributed by atoms with Crippen molar-refractivity contribution in [1.29, 1.82) is 0 Å². The standard InChI is InChI=1S/C24H23Cl3N2OS/c25-19-8-6-18(7-9-19)24-15-21(28-31(30)16-17-4-2-1-3-5-17)12-13-29(24)23-11-10-20(26)14-22(23)27/h1-11,14,21,24,28H,12-13,15-16H2. The zero-order valence-electron chi connectivity index (χ0n) is 16.8. The van der Waals surface area contributed by atoms with Crippen molar-refractivity contribution >= 4 is 51.5 Å². The molecule has 0 spiro atoms. The van der Waals surface area contributed by atoms with E-state index in [1.807, 2.05) is 66.7 Å². The van der Waals surface area contributed by atoms with E-state index in [9.17, 15) is 4.21 Å². The van der Waals surface area contributed by atoms with Crippen molar-refractivity contribution in [3.05, 3.63) is 99.0 Å². The van der Waals surface area contributed by atoms with E-state index < -0.39 is 11.0 Å². The van der Waals surface area contributed by atoms with Crippen molar-refractivity contribution < 1.29 is 4.21 Å². The molecule has 3 aromatic rings. The van der Waals surface area contributed by atoms with E-state index in [0.29, 0.717) is 20.8 Å². The molecule has 1 aliphatic heterocycles. The van der Waals surface area contributed by atoms with E-state index in [0.717, 1.165) is 36.2 Å². The lowest BCUT2D eigenvalue weighted by molar-refractivity contribution is 0.400. The molecule has 31 heavy (non-hydrogen) atoms. The van der Waals surface area contributed by atoms with Crippen LogP contribution in [0.3, 0.4) is 0 Å². The van der Waals surface area contributed by atoms with Crippen LogP contribution in [0.2, 0.25) is 15.1 Å². The summed E-state index contributed by atoms with van der Waals surface area (Å²) in [6.45, 7) is 0.787. The van der Waals surface area contributed by atoms with Gasteiger partial charge in [-0.15, -0.1) is 0 Å². The van der Waals surface area contributed by atoms with Crippen LogP contribution in [0, 0.1) is 0 Å². The van der Waals surface area contributed by atoms with Gasteiger partial charge >= 0.3 is 0 Å². The maximum Gasteiger partial charge on any atom is 0.0963 e. The van der Waals surface area contributed by atoms with Crippen molar-refractivity contribution in [2.45, 2.75) is 30.7 Å². The molecule has 1 saturated heterocycles. The zero-order chi connectivity index (χ0) is 21.8. The molecule has 0 amide bonds. The van der Waals surface area contributed by atoms with Gasteiger partial charge in [-0.05, 0) is 54.3 Å². The second kappa shape index (κ2) is 10.4. The summed E-state index contributed by atoms with van der Waals surface area (Å²) < 4.78 is 16.1. The van der Waals surface area contributed by atoms with E-state index in [4.69, 9.17) is 34.8 Å². The maximum absolute atomic E-state index is 12.7. The zero-order valence-corrected chi connectivity index (χ0v) is 19.9. The van der Waals surface area contributed by atoms with Crippen LogP contribution in [0.1, 0.15) is 30.0 Å². The van der Waals surface area contributed by atoms with Crippen LogP contribution >= 0.6 is 34.8 Å².